The van der Waals surface area contributed by atoms with Crippen molar-refractivity contribution in [3.05, 3.63) is 29.6 Å². The van der Waals surface area contributed by atoms with E-state index in [9.17, 15) is 14.0 Å². The van der Waals surface area contributed by atoms with Gasteiger partial charge < -0.3 is 15.0 Å². The lowest BCUT2D eigenvalue weighted by Gasteiger charge is -2.27. The van der Waals surface area contributed by atoms with Crippen LogP contribution in [0.4, 0.5) is 10.1 Å². The highest BCUT2D eigenvalue weighted by atomic mass is 19.1. The molecule has 1 aromatic carbocycles. The molecule has 1 heterocycles. The summed E-state index contributed by atoms with van der Waals surface area (Å²) in [7, 11) is 1.26. The average molecular weight is 294 g/mol. The number of hydrogen-bond donors (Lipinski definition) is 1. The highest BCUT2D eigenvalue weighted by Gasteiger charge is 2.17. The number of nitrogens with one attached hydrogen (secondary N) is 1. The minimum Gasteiger partial charge on any atom is -0.465 e. The molecule has 1 aliphatic rings. The Labute approximate surface area is 123 Å². The third-order valence-corrected chi connectivity index (χ3v) is 3.53. The van der Waals surface area contributed by atoms with Gasteiger partial charge in [0.2, 0.25) is 5.91 Å². The Morgan fingerprint density at radius 2 is 2.00 bits per heavy atom. The first-order chi connectivity index (χ1) is 10.1. The van der Waals surface area contributed by atoms with Gasteiger partial charge in [-0.3, -0.25) is 4.79 Å². The zero-order valence-corrected chi connectivity index (χ0v) is 12.0. The van der Waals surface area contributed by atoms with Crippen LogP contribution in [-0.2, 0) is 9.53 Å². The molecule has 2 rings (SSSR count). The number of nitrogens with zero attached hydrogens (tertiary/aromatic N) is 1. The largest absolute Gasteiger partial charge is 0.465 e. The number of piperidine rings is 1. The number of ether oxygens (including phenoxy) is 1. The van der Waals surface area contributed by atoms with E-state index in [0.717, 1.165) is 32.4 Å². The van der Waals surface area contributed by atoms with Gasteiger partial charge in [-0.1, -0.05) is 0 Å². The molecule has 0 aliphatic carbocycles. The monoisotopic (exact) mass is 294 g/mol. The summed E-state index contributed by atoms with van der Waals surface area (Å²) >= 11 is 0. The highest BCUT2D eigenvalue weighted by molar-refractivity contribution is 5.90. The summed E-state index contributed by atoms with van der Waals surface area (Å²) in [6, 6.07) is 3.88. The number of rotatable bonds is 4. The van der Waals surface area contributed by atoms with Crippen molar-refractivity contribution in [2.45, 2.75) is 19.3 Å². The summed E-state index contributed by atoms with van der Waals surface area (Å²) in [4.78, 5) is 25.2. The molecule has 5 nitrogen and oxygen atoms in total. The molecular formula is C15H19FN2O3. The lowest BCUT2D eigenvalue weighted by atomic mass is 10.1. The Bertz CT molecular complexity index is 528. The third kappa shape index (κ3) is 3.93. The Kier molecular flexibility index (Phi) is 5.14. The average Bonchev–Trinajstić information content (AvgIpc) is 2.53. The number of halogens is 1. The van der Waals surface area contributed by atoms with Crippen molar-refractivity contribution in [1.29, 1.82) is 0 Å². The van der Waals surface area contributed by atoms with E-state index in [-0.39, 0.29) is 23.7 Å². The lowest BCUT2D eigenvalue weighted by Crippen LogP contribution is -2.39. The van der Waals surface area contributed by atoms with Crippen LogP contribution < -0.4 is 5.32 Å². The van der Waals surface area contributed by atoms with Crippen molar-refractivity contribution in [2.24, 2.45) is 0 Å². The fourth-order valence-electron chi connectivity index (χ4n) is 2.33. The quantitative estimate of drug-likeness (QED) is 0.863. The van der Waals surface area contributed by atoms with Crippen molar-refractivity contribution in [3.63, 3.8) is 0 Å². The maximum atomic E-state index is 13.7. The first kappa shape index (κ1) is 15.3. The van der Waals surface area contributed by atoms with Crippen LogP contribution in [0.2, 0.25) is 0 Å². The van der Waals surface area contributed by atoms with Gasteiger partial charge in [-0.15, -0.1) is 0 Å². The Morgan fingerprint density at radius 1 is 1.29 bits per heavy atom. The van der Waals surface area contributed by atoms with Gasteiger partial charge in [0.15, 0.2) is 0 Å². The van der Waals surface area contributed by atoms with Gasteiger partial charge in [-0.2, -0.15) is 0 Å². The molecule has 21 heavy (non-hydrogen) atoms. The maximum Gasteiger partial charge on any atom is 0.337 e. The number of carbonyl (C=O) groups excluding carboxylic acids is 2. The summed E-state index contributed by atoms with van der Waals surface area (Å²) in [5.41, 5.74) is 0.370. The van der Waals surface area contributed by atoms with Gasteiger partial charge in [0.1, 0.15) is 5.82 Å². The van der Waals surface area contributed by atoms with Crippen molar-refractivity contribution in [1.82, 2.24) is 4.90 Å². The van der Waals surface area contributed by atoms with Crippen molar-refractivity contribution in [3.8, 4) is 0 Å². The van der Waals surface area contributed by atoms with Crippen LogP contribution in [0.5, 0.6) is 0 Å². The molecule has 1 aliphatic heterocycles. The highest BCUT2D eigenvalue weighted by Crippen LogP contribution is 2.17. The molecular weight excluding hydrogens is 275 g/mol. The number of carbonyl (C=O) groups is 2. The molecule has 114 valence electrons. The van der Waals surface area contributed by atoms with Gasteiger partial charge in [-0.05, 0) is 37.5 Å². The minimum atomic E-state index is -0.541. The predicted octanol–water partition coefficient (Wildman–Crippen LogP) is 2.04. The summed E-state index contributed by atoms with van der Waals surface area (Å²) in [5.74, 6) is -1.10. The number of amides is 1. The molecule has 0 bridgehead atoms. The molecule has 1 N–H and O–H groups in total. The molecule has 0 unspecified atom stereocenters. The fraction of sp³-hybridized carbons (Fsp3) is 0.467. The zero-order valence-electron chi connectivity index (χ0n) is 12.0. The second kappa shape index (κ2) is 7.06. The van der Waals surface area contributed by atoms with E-state index in [1.807, 2.05) is 0 Å². The van der Waals surface area contributed by atoms with Crippen molar-refractivity contribution >= 4 is 17.6 Å². The summed E-state index contributed by atoms with van der Waals surface area (Å²) < 4.78 is 18.3. The summed E-state index contributed by atoms with van der Waals surface area (Å²) in [6.07, 6.45) is 3.17. The molecule has 1 fully saturated rings. The van der Waals surface area contributed by atoms with E-state index in [0.29, 0.717) is 0 Å². The number of hydrogen-bond acceptors (Lipinski definition) is 4. The molecule has 0 aromatic heterocycles. The zero-order chi connectivity index (χ0) is 15.2. The van der Waals surface area contributed by atoms with Gasteiger partial charge in [0.25, 0.3) is 0 Å². The van der Waals surface area contributed by atoms with Crippen LogP contribution in [0, 0.1) is 5.82 Å². The summed E-state index contributed by atoms with van der Waals surface area (Å²) in [5, 5.41) is 2.76. The van der Waals surface area contributed by atoms with Gasteiger partial charge in [-0.25, -0.2) is 9.18 Å². The van der Waals surface area contributed by atoms with Gasteiger partial charge >= 0.3 is 5.97 Å². The molecule has 1 saturated heterocycles. The number of benzene rings is 1. The molecule has 0 saturated carbocycles. The van der Waals surface area contributed by atoms with Crippen LogP contribution >= 0.6 is 0 Å². The minimum absolute atomic E-state index is 0.0154. The second-order valence-corrected chi connectivity index (χ2v) is 4.98. The smallest absolute Gasteiger partial charge is 0.337 e. The number of likely N-dealkylation sites (tertiary alicyclic amines) is 1. The van der Waals surface area contributed by atoms with E-state index in [4.69, 9.17) is 0 Å². The van der Waals surface area contributed by atoms with E-state index in [1.54, 1.807) is 4.90 Å². The normalized spacial score (nSPS) is 14.7. The van der Waals surface area contributed by atoms with E-state index < -0.39 is 11.8 Å². The van der Waals surface area contributed by atoms with E-state index in [1.165, 1.54) is 25.3 Å². The van der Waals surface area contributed by atoms with E-state index >= 15 is 0 Å². The molecule has 0 atom stereocenters. The fourth-order valence-corrected chi connectivity index (χ4v) is 2.33. The van der Waals surface area contributed by atoms with Crippen LogP contribution in [0.25, 0.3) is 0 Å². The molecule has 6 heteroatoms. The Morgan fingerprint density at radius 3 is 2.67 bits per heavy atom. The molecule has 1 amide bonds. The maximum absolute atomic E-state index is 13.7. The Balaban J connectivity index is 1.98. The first-order valence-corrected chi connectivity index (χ1v) is 7.01. The number of anilines is 1. The Hall–Kier alpha value is -2.11. The molecule has 1 aromatic rings. The lowest BCUT2D eigenvalue weighted by molar-refractivity contribution is -0.130. The van der Waals surface area contributed by atoms with Crippen LogP contribution in [0.1, 0.15) is 29.6 Å². The summed E-state index contributed by atoms with van der Waals surface area (Å²) in [6.45, 7) is 1.53. The standard InChI is InChI=1S/C15H19FN2O3/c1-21-15(20)11-5-6-12(16)13(9-11)17-10-14(19)18-7-3-2-4-8-18/h5-6,9,17H,2-4,7-8,10H2,1H3. The molecule has 0 radical (unpaired) electrons. The molecule has 0 spiro atoms. The van der Waals surface area contributed by atoms with Crippen LogP contribution in [-0.4, -0.2) is 43.5 Å². The number of methoxy groups -OCH3 is 1. The van der Waals surface area contributed by atoms with Crippen molar-refractivity contribution < 1.29 is 18.7 Å². The van der Waals surface area contributed by atoms with Crippen LogP contribution in [0.3, 0.4) is 0 Å². The topological polar surface area (TPSA) is 58.6 Å². The third-order valence-electron chi connectivity index (χ3n) is 3.53. The predicted molar refractivity (Wildman–Crippen MR) is 76.7 cm³/mol. The van der Waals surface area contributed by atoms with Gasteiger partial charge in [0.05, 0.1) is 24.9 Å². The van der Waals surface area contributed by atoms with Crippen molar-refractivity contribution in [2.75, 3.05) is 32.1 Å². The SMILES string of the molecule is COC(=O)c1ccc(F)c(NCC(=O)N2CCCCC2)c1. The van der Waals surface area contributed by atoms with Crippen LogP contribution in [0.15, 0.2) is 18.2 Å². The van der Waals surface area contributed by atoms with Gasteiger partial charge in [0, 0.05) is 13.1 Å². The first-order valence-electron chi connectivity index (χ1n) is 7.01. The van der Waals surface area contributed by atoms with E-state index in [2.05, 4.69) is 10.1 Å². The second-order valence-electron chi connectivity index (χ2n) is 4.98. The number of esters is 1.